The van der Waals surface area contributed by atoms with Crippen LogP contribution in [-0.2, 0) is 7.05 Å². The van der Waals surface area contributed by atoms with Crippen molar-refractivity contribution in [3.8, 4) is 11.8 Å². The summed E-state index contributed by atoms with van der Waals surface area (Å²) in [5.74, 6) is -0.348. The fourth-order valence-corrected chi connectivity index (χ4v) is 3.61. The molecule has 0 N–H and O–H groups in total. The lowest BCUT2D eigenvalue weighted by Crippen LogP contribution is -2.28. The molecule has 0 spiro atoms. The van der Waals surface area contributed by atoms with Gasteiger partial charge in [-0.25, -0.2) is 9.07 Å². The van der Waals surface area contributed by atoms with Crippen LogP contribution in [0.4, 0.5) is 4.39 Å². The highest BCUT2D eigenvalue weighted by molar-refractivity contribution is 7.07. The second-order valence-electron chi connectivity index (χ2n) is 5.26. The van der Waals surface area contributed by atoms with E-state index in [1.165, 1.54) is 38.8 Å². The standard InChI is InChI=1S/C17H12ClFN4OS/c1-10-13(9-14-17(24)22(2)15(25-14)7-8-20)16(18)23(21-10)12-5-3-11(19)4-6-12/h3-7,9H,1-2H3/b14-9-,15-7-. The highest BCUT2D eigenvalue weighted by atomic mass is 35.5. The fourth-order valence-electron chi connectivity index (χ4n) is 2.32. The Labute approximate surface area is 151 Å². The van der Waals surface area contributed by atoms with E-state index in [9.17, 15) is 9.18 Å². The maximum atomic E-state index is 13.1. The van der Waals surface area contributed by atoms with Gasteiger partial charge in [-0.3, -0.25) is 4.79 Å². The molecule has 0 unspecified atom stereocenters. The predicted molar refractivity (Wildman–Crippen MR) is 95.7 cm³/mol. The van der Waals surface area contributed by atoms with Gasteiger partial charge in [-0.05, 0) is 37.3 Å². The molecule has 1 aromatic carbocycles. The minimum absolute atomic E-state index is 0.212. The summed E-state index contributed by atoms with van der Waals surface area (Å²) in [6.07, 6.45) is 2.98. The monoisotopic (exact) mass is 374 g/mol. The molecule has 0 aliphatic rings. The molecular formula is C17H12ClFN4OS. The molecule has 3 aromatic rings. The van der Waals surface area contributed by atoms with Crippen LogP contribution in [0.1, 0.15) is 11.3 Å². The van der Waals surface area contributed by atoms with Crippen LogP contribution in [0.5, 0.6) is 0 Å². The van der Waals surface area contributed by atoms with Gasteiger partial charge in [0.25, 0.3) is 5.56 Å². The second kappa shape index (κ2) is 6.67. The number of aromatic nitrogens is 3. The van der Waals surface area contributed by atoms with Gasteiger partial charge < -0.3 is 4.57 Å². The molecule has 0 saturated heterocycles. The zero-order valence-corrected chi connectivity index (χ0v) is 14.9. The average molecular weight is 375 g/mol. The van der Waals surface area contributed by atoms with E-state index in [1.807, 2.05) is 6.07 Å². The molecule has 126 valence electrons. The van der Waals surface area contributed by atoms with E-state index in [1.54, 1.807) is 32.2 Å². The minimum Gasteiger partial charge on any atom is -0.301 e. The number of rotatable bonds is 2. The van der Waals surface area contributed by atoms with Gasteiger partial charge in [-0.15, -0.1) is 11.3 Å². The Bertz CT molecular complexity index is 1170. The topological polar surface area (TPSA) is 63.6 Å². The molecule has 0 fully saturated rings. The number of halogens is 2. The van der Waals surface area contributed by atoms with E-state index in [2.05, 4.69) is 5.10 Å². The minimum atomic E-state index is -0.348. The molecule has 0 saturated carbocycles. The molecule has 25 heavy (non-hydrogen) atoms. The third kappa shape index (κ3) is 3.14. The normalized spacial score (nSPS) is 12.6. The number of nitriles is 1. The first-order valence-corrected chi connectivity index (χ1v) is 8.40. The molecule has 0 aliphatic carbocycles. The third-order valence-corrected chi connectivity index (χ3v) is 5.12. The quantitative estimate of drug-likeness (QED) is 0.688. The molecular weight excluding hydrogens is 363 g/mol. The van der Waals surface area contributed by atoms with E-state index < -0.39 is 0 Å². The second-order valence-corrected chi connectivity index (χ2v) is 6.68. The summed E-state index contributed by atoms with van der Waals surface area (Å²) >= 11 is 7.63. The Balaban J connectivity index is 2.19. The van der Waals surface area contributed by atoms with E-state index in [4.69, 9.17) is 16.9 Å². The predicted octanol–water partition coefficient (Wildman–Crippen LogP) is 1.87. The number of hydrogen-bond acceptors (Lipinski definition) is 4. The molecule has 2 aromatic heterocycles. The summed E-state index contributed by atoms with van der Waals surface area (Å²) < 4.78 is 17.0. The van der Waals surface area contributed by atoms with Crippen molar-refractivity contribution in [2.24, 2.45) is 7.05 Å². The average Bonchev–Trinajstić information content (AvgIpc) is 3.01. The van der Waals surface area contributed by atoms with E-state index in [0.717, 1.165) is 0 Å². The van der Waals surface area contributed by atoms with Crippen LogP contribution in [0, 0.1) is 24.1 Å². The third-order valence-electron chi connectivity index (χ3n) is 3.64. The van der Waals surface area contributed by atoms with Crippen LogP contribution >= 0.6 is 22.9 Å². The van der Waals surface area contributed by atoms with Gasteiger partial charge in [0.15, 0.2) is 0 Å². The Morgan fingerprint density at radius 3 is 2.68 bits per heavy atom. The first kappa shape index (κ1) is 17.1. The molecule has 0 atom stereocenters. The van der Waals surface area contributed by atoms with E-state index in [-0.39, 0.29) is 11.4 Å². The number of nitrogens with zero attached hydrogens (tertiary/aromatic N) is 4. The molecule has 8 heteroatoms. The van der Waals surface area contributed by atoms with Gasteiger partial charge >= 0.3 is 0 Å². The maximum absolute atomic E-state index is 13.1. The fraction of sp³-hybridized carbons (Fsp3) is 0.118. The Kier molecular flexibility index (Phi) is 4.57. The SMILES string of the molecule is Cc1nn(-c2ccc(F)cc2)c(Cl)c1/C=c1\s/c(=C\C#N)n(C)c1=O. The van der Waals surface area contributed by atoms with Crippen LogP contribution in [-0.4, -0.2) is 14.3 Å². The van der Waals surface area contributed by atoms with Crippen molar-refractivity contribution in [1.82, 2.24) is 14.3 Å². The number of benzene rings is 1. The van der Waals surface area contributed by atoms with Crippen molar-refractivity contribution in [1.29, 1.82) is 5.26 Å². The summed E-state index contributed by atoms with van der Waals surface area (Å²) in [4.78, 5) is 12.3. The van der Waals surface area contributed by atoms with Crippen molar-refractivity contribution < 1.29 is 4.39 Å². The van der Waals surface area contributed by atoms with Crippen LogP contribution in [0.15, 0.2) is 29.1 Å². The van der Waals surface area contributed by atoms with Gasteiger partial charge in [0.1, 0.15) is 15.6 Å². The molecule has 0 bridgehead atoms. The Hall–Kier alpha value is -2.69. The Morgan fingerprint density at radius 2 is 2.04 bits per heavy atom. The number of thiazole rings is 1. The van der Waals surface area contributed by atoms with Crippen molar-refractivity contribution in [2.75, 3.05) is 0 Å². The smallest absolute Gasteiger partial charge is 0.268 e. The van der Waals surface area contributed by atoms with Crippen molar-refractivity contribution in [2.45, 2.75) is 6.92 Å². The molecule has 0 amide bonds. The molecule has 0 radical (unpaired) electrons. The molecule has 0 aliphatic heterocycles. The maximum Gasteiger partial charge on any atom is 0.268 e. The summed E-state index contributed by atoms with van der Waals surface area (Å²) in [6.45, 7) is 1.78. The van der Waals surface area contributed by atoms with Crippen molar-refractivity contribution >= 4 is 35.1 Å². The first-order chi connectivity index (χ1) is 11.9. The summed E-state index contributed by atoms with van der Waals surface area (Å²) in [5, 5.41) is 13.5. The molecule has 2 heterocycles. The zero-order chi connectivity index (χ0) is 18.1. The van der Waals surface area contributed by atoms with Gasteiger partial charge in [0.2, 0.25) is 0 Å². The summed E-state index contributed by atoms with van der Waals surface area (Å²) in [7, 11) is 1.61. The van der Waals surface area contributed by atoms with Crippen LogP contribution in [0.3, 0.4) is 0 Å². The molecule has 5 nitrogen and oxygen atoms in total. The van der Waals surface area contributed by atoms with Gasteiger partial charge in [-0.2, -0.15) is 10.4 Å². The zero-order valence-electron chi connectivity index (χ0n) is 13.3. The van der Waals surface area contributed by atoms with Crippen molar-refractivity contribution in [3.05, 3.63) is 66.0 Å². The highest BCUT2D eigenvalue weighted by Crippen LogP contribution is 2.24. The van der Waals surface area contributed by atoms with Gasteiger partial charge in [-0.1, -0.05) is 11.6 Å². The lowest BCUT2D eigenvalue weighted by Gasteiger charge is -2.02. The van der Waals surface area contributed by atoms with Crippen LogP contribution in [0.2, 0.25) is 5.15 Å². The Morgan fingerprint density at radius 1 is 1.36 bits per heavy atom. The number of hydrogen-bond donors (Lipinski definition) is 0. The first-order valence-electron chi connectivity index (χ1n) is 7.21. The lowest BCUT2D eigenvalue weighted by atomic mass is 10.2. The van der Waals surface area contributed by atoms with Crippen LogP contribution < -0.4 is 14.8 Å². The van der Waals surface area contributed by atoms with Crippen LogP contribution in [0.25, 0.3) is 17.8 Å². The number of aryl methyl sites for hydroxylation is 1. The summed E-state index contributed by atoms with van der Waals surface area (Å²) in [5.41, 5.74) is 1.65. The summed E-state index contributed by atoms with van der Waals surface area (Å²) in [6, 6.07) is 7.71. The van der Waals surface area contributed by atoms with E-state index in [0.29, 0.717) is 31.3 Å². The van der Waals surface area contributed by atoms with Crippen molar-refractivity contribution in [3.63, 3.8) is 0 Å². The lowest BCUT2D eigenvalue weighted by molar-refractivity contribution is 0.627. The highest BCUT2D eigenvalue weighted by Gasteiger charge is 2.14. The van der Waals surface area contributed by atoms with Gasteiger partial charge in [0.05, 0.1) is 22.0 Å². The largest absolute Gasteiger partial charge is 0.301 e. The van der Waals surface area contributed by atoms with Gasteiger partial charge in [0, 0.05) is 18.7 Å². The van der Waals surface area contributed by atoms with E-state index >= 15 is 0 Å². The molecule has 3 rings (SSSR count).